The molecule has 1 aromatic heterocycles. The van der Waals surface area contributed by atoms with E-state index < -0.39 is 27.5 Å². The first-order valence-electron chi connectivity index (χ1n) is 9.76. The van der Waals surface area contributed by atoms with Crippen molar-refractivity contribution in [1.29, 1.82) is 0 Å². The summed E-state index contributed by atoms with van der Waals surface area (Å²) in [5.41, 5.74) is 1.77. The lowest BCUT2D eigenvalue weighted by Crippen LogP contribution is -2.43. The van der Waals surface area contributed by atoms with Crippen molar-refractivity contribution in [2.24, 2.45) is 0 Å². The van der Waals surface area contributed by atoms with Gasteiger partial charge in [-0.25, -0.2) is 8.42 Å². The second-order valence-electron chi connectivity index (χ2n) is 7.35. The molecule has 2 amide bonds. The number of carbonyl (C=O) groups excluding carboxylic acids is 2. The summed E-state index contributed by atoms with van der Waals surface area (Å²) in [6.07, 6.45) is 1.52. The number of nitrogens with one attached hydrogen (secondary N) is 3. The molecule has 0 fully saturated rings. The van der Waals surface area contributed by atoms with Gasteiger partial charge in [-0.15, -0.1) is 0 Å². The summed E-state index contributed by atoms with van der Waals surface area (Å²) < 4.78 is 30.5. The minimum atomic E-state index is -3.62. The van der Waals surface area contributed by atoms with E-state index in [1.165, 1.54) is 12.3 Å². The molecule has 0 spiro atoms. The number of rotatable bonds is 7. The maximum atomic E-state index is 12.7. The highest BCUT2D eigenvalue weighted by Gasteiger charge is 2.31. The second kappa shape index (κ2) is 9.05. The average molecular weight is 474 g/mol. The van der Waals surface area contributed by atoms with Gasteiger partial charge in [-0.05, 0) is 42.0 Å². The summed E-state index contributed by atoms with van der Waals surface area (Å²) in [7, 11) is -3.62. The smallest absolute Gasteiger partial charge is 0.251 e. The van der Waals surface area contributed by atoms with Crippen molar-refractivity contribution in [2.75, 3.05) is 16.4 Å². The Morgan fingerprint density at radius 1 is 1.09 bits per heavy atom. The van der Waals surface area contributed by atoms with Crippen LogP contribution in [0.5, 0.6) is 0 Å². The largest absolute Gasteiger partial charge is 0.467 e. The van der Waals surface area contributed by atoms with E-state index in [1.54, 1.807) is 48.5 Å². The molecule has 1 atom stereocenters. The molecule has 2 aromatic carbocycles. The minimum absolute atomic E-state index is 0.235. The molecular formula is C22H20ClN3O5S. The van der Waals surface area contributed by atoms with Crippen molar-refractivity contribution in [3.8, 4) is 0 Å². The average Bonchev–Trinajstić information content (AvgIpc) is 3.27. The first-order chi connectivity index (χ1) is 15.3. The number of halogens is 1. The summed E-state index contributed by atoms with van der Waals surface area (Å²) in [5, 5.41) is 8.73. The molecule has 3 N–H and O–H groups in total. The molecule has 0 bridgehead atoms. The van der Waals surface area contributed by atoms with Gasteiger partial charge in [-0.3, -0.25) is 9.59 Å². The number of amides is 2. The molecule has 8 nitrogen and oxygen atoms in total. The molecule has 10 heteroatoms. The van der Waals surface area contributed by atoms with Gasteiger partial charge in [-0.1, -0.05) is 29.8 Å². The molecule has 1 aliphatic rings. The quantitative estimate of drug-likeness (QED) is 0.485. The third-order valence-corrected chi connectivity index (χ3v) is 6.90. The fourth-order valence-electron chi connectivity index (χ4n) is 3.35. The van der Waals surface area contributed by atoms with E-state index in [0.717, 1.165) is 0 Å². The van der Waals surface area contributed by atoms with Gasteiger partial charge in [0.05, 0.1) is 35.7 Å². The number of hydrogen-bond acceptors (Lipinski definition) is 6. The van der Waals surface area contributed by atoms with Crippen molar-refractivity contribution in [2.45, 2.75) is 18.3 Å². The van der Waals surface area contributed by atoms with Crippen LogP contribution in [0.2, 0.25) is 5.02 Å². The molecule has 1 aliphatic heterocycles. The molecule has 4 rings (SSSR count). The Hall–Kier alpha value is -3.30. The summed E-state index contributed by atoms with van der Waals surface area (Å²) in [6, 6.07) is 14.0. The van der Waals surface area contributed by atoms with Gasteiger partial charge in [0, 0.05) is 10.6 Å². The van der Waals surface area contributed by atoms with Gasteiger partial charge in [0.2, 0.25) is 5.91 Å². The van der Waals surface area contributed by atoms with Gasteiger partial charge in [0.25, 0.3) is 5.91 Å². The predicted molar refractivity (Wildman–Crippen MR) is 121 cm³/mol. The van der Waals surface area contributed by atoms with Gasteiger partial charge in [0.15, 0.2) is 9.84 Å². The molecule has 1 unspecified atom stereocenters. The zero-order chi connectivity index (χ0) is 22.7. The third kappa shape index (κ3) is 5.12. The van der Waals surface area contributed by atoms with Crippen molar-refractivity contribution in [1.82, 2.24) is 5.32 Å². The number of hydrogen-bond donors (Lipinski definition) is 3. The summed E-state index contributed by atoms with van der Waals surface area (Å²) in [6.45, 7) is 0.235. The predicted octanol–water partition coefficient (Wildman–Crippen LogP) is 3.21. The lowest BCUT2D eigenvalue weighted by Gasteiger charge is -2.27. The van der Waals surface area contributed by atoms with Crippen molar-refractivity contribution < 1.29 is 22.4 Å². The Labute approximate surface area is 189 Å². The number of sulfone groups is 1. The lowest BCUT2D eigenvalue weighted by atomic mass is 10.1. The van der Waals surface area contributed by atoms with E-state index in [0.29, 0.717) is 33.3 Å². The SMILES string of the molecule is O=C(NCc1ccco1)c1ccc2c(c1)NC(=O)C(CS(=O)(=O)Cc1ccccc1Cl)N2. The van der Waals surface area contributed by atoms with E-state index >= 15 is 0 Å². The Kier molecular flexibility index (Phi) is 6.20. The van der Waals surface area contributed by atoms with Crippen molar-refractivity contribution in [3.63, 3.8) is 0 Å². The Morgan fingerprint density at radius 3 is 2.66 bits per heavy atom. The zero-order valence-electron chi connectivity index (χ0n) is 16.8. The van der Waals surface area contributed by atoms with Gasteiger partial charge in [-0.2, -0.15) is 0 Å². The Balaban J connectivity index is 1.42. The topological polar surface area (TPSA) is 118 Å². The molecule has 0 saturated carbocycles. The van der Waals surface area contributed by atoms with Crippen LogP contribution in [0.4, 0.5) is 11.4 Å². The maximum Gasteiger partial charge on any atom is 0.251 e. The minimum Gasteiger partial charge on any atom is -0.467 e. The highest BCUT2D eigenvalue weighted by Crippen LogP contribution is 2.29. The van der Waals surface area contributed by atoms with Crippen LogP contribution in [0, 0.1) is 0 Å². The molecule has 0 aliphatic carbocycles. The summed E-state index contributed by atoms with van der Waals surface area (Å²) >= 11 is 6.06. The van der Waals surface area contributed by atoms with Gasteiger partial charge < -0.3 is 20.4 Å². The fraction of sp³-hybridized carbons (Fsp3) is 0.182. The first kappa shape index (κ1) is 21.9. The summed E-state index contributed by atoms with van der Waals surface area (Å²) in [4.78, 5) is 24.9. The molecule has 2 heterocycles. The van der Waals surface area contributed by atoms with Gasteiger partial charge >= 0.3 is 0 Å². The molecule has 0 radical (unpaired) electrons. The molecule has 0 saturated heterocycles. The van der Waals surface area contributed by atoms with Gasteiger partial charge in [0.1, 0.15) is 11.8 Å². The highest BCUT2D eigenvalue weighted by atomic mass is 35.5. The molecule has 166 valence electrons. The fourth-order valence-corrected chi connectivity index (χ4v) is 5.22. The highest BCUT2D eigenvalue weighted by molar-refractivity contribution is 7.90. The second-order valence-corrected chi connectivity index (χ2v) is 9.87. The molecule has 3 aromatic rings. The van der Waals surface area contributed by atoms with Crippen LogP contribution in [0.15, 0.2) is 65.3 Å². The molecule has 32 heavy (non-hydrogen) atoms. The van der Waals surface area contributed by atoms with E-state index in [4.69, 9.17) is 16.0 Å². The number of carbonyl (C=O) groups is 2. The number of furan rings is 1. The summed E-state index contributed by atoms with van der Waals surface area (Å²) in [5.74, 6) is -0.863. The van der Waals surface area contributed by atoms with Crippen LogP contribution < -0.4 is 16.0 Å². The number of benzene rings is 2. The van der Waals surface area contributed by atoms with Crippen LogP contribution >= 0.6 is 11.6 Å². The zero-order valence-corrected chi connectivity index (χ0v) is 18.4. The van der Waals surface area contributed by atoms with Crippen LogP contribution in [0.25, 0.3) is 0 Å². The Bertz CT molecular complexity index is 1260. The standard InChI is InChI=1S/C22H20ClN3O5S/c23-17-6-2-1-4-15(17)12-32(29,30)13-20-22(28)26-19-10-14(7-8-18(19)25-20)21(27)24-11-16-5-3-9-31-16/h1-10,20,25H,11-13H2,(H,24,27)(H,26,28). The lowest BCUT2D eigenvalue weighted by molar-refractivity contribution is -0.116. The third-order valence-electron chi connectivity index (χ3n) is 4.94. The van der Waals surface area contributed by atoms with Crippen molar-refractivity contribution in [3.05, 3.63) is 82.8 Å². The first-order valence-corrected chi connectivity index (χ1v) is 12.0. The Morgan fingerprint density at radius 2 is 1.91 bits per heavy atom. The van der Waals surface area contributed by atoms with E-state index in [2.05, 4.69) is 16.0 Å². The monoisotopic (exact) mass is 473 g/mol. The van der Waals surface area contributed by atoms with Crippen LogP contribution in [0.1, 0.15) is 21.7 Å². The van der Waals surface area contributed by atoms with Crippen LogP contribution in [-0.2, 0) is 26.9 Å². The number of fused-ring (bicyclic) bond motifs is 1. The van der Waals surface area contributed by atoms with Crippen molar-refractivity contribution >= 4 is 44.6 Å². The molecular weight excluding hydrogens is 454 g/mol. The van der Waals surface area contributed by atoms with Crippen LogP contribution in [0.3, 0.4) is 0 Å². The van der Waals surface area contributed by atoms with E-state index in [1.807, 2.05) is 0 Å². The normalized spacial score (nSPS) is 15.4. The number of anilines is 2. The van der Waals surface area contributed by atoms with E-state index in [9.17, 15) is 18.0 Å². The van der Waals surface area contributed by atoms with E-state index in [-0.39, 0.29) is 18.2 Å². The maximum absolute atomic E-state index is 12.7. The van der Waals surface area contributed by atoms with Crippen LogP contribution in [-0.4, -0.2) is 32.0 Å².